The van der Waals surface area contributed by atoms with Gasteiger partial charge in [0.05, 0.1) is 6.54 Å². The smallest absolute Gasteiger partial charge is 0.202 e. The van der Waals surface area contributed by atoms with Crippen LogP contribution in [0, 0.1) is 0 Å². The van der Waals surface area contributed by atoms with Crippen LogP contribution in [0.25, 0.3) is 0 Å². The monoisotopic (exact) mass is 276 g/mol. The summed E-state index contributed by atoms with van der Waals surface area (Å²) in [5, 5.41) is 12.7. The predicted molar refractivity (Wildman–Crippen MR) is 72.2 cm³/mol. The molecule has 2 aliphatic carbocycles. The van der Waals surface area contributed by atoms with Crippen molar-refractivity contribution in [3.8, 4) is 0 Å². The van der Waals surface area contributed by atoms with Gasteiger partial charge in [-0.15, -0.1) is 10.2 Å². The van der Waals surface area contributed by atoms with Gasteiger partial charge in [0.15, 0.2) is 5.82 Å². The van der Waals surface area contributed by atoms with Crippen LogP contribution in [0.15, 0.2) is 0 Å². The zero-order valence-corrected chi connectivity index (χ0v) is 11.7. The first-order valence-corrected chi connectivity index (χ1v) is 7.54. The van der Waals surface area contributed by atoms with E-state index < -0.39 is 0 Å². The fourth-order valence-electron chi connectivity index (χ4n) is 2.20. The zero-order valence-electron chi connectivity index (χ0n) is 10.8. The summed E-state index contributed by atoms with van der Waals surface area (Å²) in [7, 11) is 2.04. The number of hydrogen-bond acceptors (Lipinski definition) is 6. The Bertz CT molecular complexity index is 595. The van der Waals surface area contributed by atoms with Gasteiger partial charge in [-0.3, -0.25) is 0 Å². The Morgan fingerprint density at radius 1 is 1.21 bits per heavy atom. The maximum absolute atomic E-state index is 4.51. The SMILES string of the molecule is Cn1c(CNc2nc(C3CC3)ns2)nnc1C1CC1. The van der Waals surface area contributed by atoms with Gasteiger partial charge >= 0.3 is 0 Å². The zero-order chi connectivity index (χ0) is 12.8. The molecule has 0 aliphatic heterocycles. The lowest BCUT2D eigenvalue weighted by atomic mass is 10.4. The van der Waals surface area contributed by atoms with Gasteiger partial charge in [0.2, 0.25) is 5.13 Å². The number of anilines is 1. The fraction of sp³-hybridized carbons (Fsp3) is 0.667. The van der Waals surface area contributed by atoms with Gasteiger partial charge < -0.3 is 9.88 Å². The van der Waals surface area contributed by atoms with Crippen LogP contribution in [-0.2, 0) is 13.6 Å². The summed E-state index contributed by atoms with van der Waals surface area (Å²) in [4.78, 5) is 4.51. The molecule has 2 saturated carbocycles. The highest BCUT2D eigenvalue weighted by atomic mass is 32.1. The molecule has 0 unspecified atom stereocenters. The van der Waals surface area contributed by atoms with Gasteiger partial charge in [-0.2, -0.15) is 4.37 Å². The Hall–Kier alpha value is -1.50. The molecular formula is C12H16N6S. The molecule has 0 spiro atoms. The summed E-state index contributed by atoms with van der Waals surface area (Å²) in [6, 6.07) is 0. The van der Waals surface area contributed by atoms with Crippen LogP contribution < -0.4 is 5.32 Å². The van der Waals surface area contributed by atoms with Crippen molar-refractivity contribution in [2.45, 2.75) is 44.1 Å². The molecule has 0 aromatic carbocycles. The maximum Gasteiger partial charge on any atom is 0.202 e. The highest BCUT2D eigenvalue weighted by Crippen LogP contribution is 2.40. The normalized spacial score (nSPS) is 18.8. The topological polar surface area (TPSA) is 68.5 Å². The molecule has 0 amide bonds. The van der Waals surface area contributed by atoms with Crippen molar-refractivity contribution in [2.75, 3.05) is 5.32 Å². The molecular weight excluding hydrogens is 260 g/mol. The summed E-state index contributed by atoms with van der Waals surface area (Å²) in [5.41, 5.74) is 0. The average molecular weight is 276 g/mol. The molecule has 19 heavy (non-hydrogen) atoms. The van der Waals surface area contributed by atoms with E-state index in [0.29, 0.717) is 18.4 Å². The average Bonchev–Trinajstić information content (AvgIpc) is 3.34. The van der Waals surface area contributed by atoms with Gasteiger partial charge in [0.1, 0.15) is 11.6 Å². The highest BCUT2D eigenvalue weighted by molar-refractivity contribution is 7.09. The molecule has 1 N–H and O–H groups in total. The van der Waals surface area contributed by atoms with Crippen LogP contribution in [0.5, 0.6) is 0 Å². The lowest BCUT2D eigenvalue weighted by molar-refractivity contribution is 0.757. The first-order chi connectivity index (χ1) is 9.31. The van der Waals surface area contributed by atoms with Crippen molar-refractivity contribution in [1.29, 1.82) is 0 Å². The predicted octanol–water partition coefficient (Wildman–Crippen LogP) is 2.03. The standard InChI is InChI=1S/C12H16N6S/c1-18-9(15-16-11(18)8-4-5-8)6-13-12-14-10(17-19-12)7-2-3-7/h7-8H,2-6H2,1H3,(H,13,14,17). The van der Waals surface area contributed by atoms with E-state index in [4.69, 9.17) is 0 Å². The van der Waals surface area contributed by atoms with E-state index in [1.807, 2.05) is 7.05 Å². The van der Waals surface area contributed by atoms with Gasteiger partial charge in [-0.25, -0.2) is 4.98 Å². The second-order valence-electron chi connectivity index (χ2n) is 5.39. The van der Waals surface area contributed by atoms with Gasteiger partial charge in [0.25, 0.3) is 0 Å². The first kappa shape index (κ1) is 11.3. The molecule has 4 rings (SSSR count). The van der Waals surface area contributed by atoms with Gasteiger partial charge in [0, 0.05) is 30.4 Å². The molecule has 6 nitrogen and oxygen atoms in total. The second kappa shape index (κ2) is 4.26. The third-order valence-electron chi connectivity index (χ3n) is 3.72. The number of rotatable bonds is 5. The number of hydrogen-bond donors (Lipinski definition) is 1. The Balaban J connectivity index is 1.43. The number of aromatic nitrogens is 5. The minimum absolute atomic E-state index is 0.614. The first-order valence-electron chi connectivity index (χ1n) is 6.77. The maximum atomic E-state index is 4.51. The van der Waals surface area contributed by atoms with E-state index >= 15 is 0 Å². The molecule has 2 aromatic rings. The van der Waals surface area contributed by atoms with E-state index in [9.17, 15) is 0 Å². The largest absolute Gasteiger partial charge is 0.353 e. The van der Waals surface area contributed by atoms with Crippen LogP contribution in [0.4, 0.5) is 5.13 Å². The van der Waals surface area contributed by atoms with Crippen molar-refractivity contribution < 1.29 is 0 Å². The molecule has 2 heterocycles. The van der Waals surface area contributed by atoms with E-state index in [0.717, 1.165) is 22.6 Å². The van der Waals surface area contributed by atoms with Crippen LogP contribution in [-0.4, -0.2) is 24.1 Å². The molecule has 2 aromatic heterocycles. The highest BCUT2D eigenvalue weighted by Gasteiger charge is 2.29. The van der Waals surface area contributed by atoms with Gasteiger partial charge in [-0.1, -0.05) is 0 Å². The number of nitrogens with one attached hydrogen (secondary N) is 1. The molecule has 2 aliphatic rings. The molecule has 0 saturated heterocycles. The van der Waals surface area contributed by atoms with E-state index in [1.54, 1.807) is 0 Å². The summed E-state index contributed by atoms with van der Waals surface area (Å²) in [6.07, 6.45) is 4.98. The lowest BCUT2D eigenvalue weighted by Crippen LogP contribution is -2.07. The molecule has 2 fully saturated rings. The van der Waals surface area contributed by atoms with Crippen LogP contribution in [0.3, 0.4) is 0 Å². The number of nitrogens with zero attached hydrogens (tertiary/aromatic N) is 5. The van der Waals surface area contributed by atoms with Crippen LogP contribution >= 0.6 is 11.5 Å². The quantitative estimate of drug-likeness (QED) is 0.905. The minimum atomic E-state index is 0.614. The van der Waals surface area contributed by atoms with Crippen molar-refractivity contribution in [2.24, 2.45) is 7.05 Å². The van der Waals surface area contributed by atoms with Crippen molar-refractivity contribution in [1.82, 2.24) is 24.1 Å². The van der Waals surface area contributed by atoms with Crippen LogP contribution in [0.2, 0.25) is 0 Å². The molecule has 7 heteroatoms. The summed E-state index contributed by atoms with van der Waals surface area (Å²) in [6.45, 7) is 0.662. The summed E-state index contributed by atoms with van der Waals surface area (Å²) >= 11 is 1.44. The minimum Gasteiger partial charge on any atom is -0.353 e. The second-order valence-corrected chi connectivity index (χ2v) is 6.15. The third-order valence-corrected chi connectivity index (χ3v) is 4.41. The summed E-state index contributed by atoms with van der Waals surface area (Å²) in [5.74, 6) is 4.33. The van der Waals surface area contributed by atoms with E-state index in [2.05, 4.69) is 29.4 Å². The van der Waals surface area contributed by atoms with E-state index in [1.165, 1.54) is 37.2 Å². The molecule has 0 bridgehead atoms. The third kappa shape index (κ3) is 2.22. The van der Waals surface area contributed by atoms with Crippen molar-refractivity contribution in [3.63, 3.8) is 0 Å². The van der Waals surface area contributed by atoms with Crippen molar-refractivity contribution >= 4 is 16.7 Å². The summed E-state index contributed by atoms with van der Waals surface area (Å²) < 4.78 is 6.49. The van der Waals surface area contributed by atoms with Crippen LogP contribution in [0.1, 0.15) is 55.0 Å². The Labute approximate surface area is 115 Å². The van der Waals surface area contributed by atoms with Crippen molar-refractivity contribution in [3.05, 3.63) is 17.5 Å². The lowest BCUT2D eigenvalue weighted by Gasteiger charge is -2.03. The Morgan fingerprint density at radius 2 is 2.00 bits per heavy atom. The van der Waals surface area contributed by atoms with E-state index in [-0.39, 0.29) is 0 Å². The Kier molecular flexibility index (Phi) is 2.54. The molecule has 0 radical (unpaired) electrons. The fourth-order valence-corrected chi connectivity index (χ4v) is 2.84. The Morgan fingerprint density at radius 3 is 2.74 bits per heavy atom. The van der Waals surface area contributed by atoms with Gasteiger partial charge in [-0.05, 0) is 25.7 Å². The molecule has 0 atom stereocenters. The molecule has 100 valence electrons.